The summed E-state index contributed by atoms with van der Waals surface area (Å²) < 4.78 is 52.5. The highest BCUT2D eigenvalue weighted by atomic mass is 35.5. The molecule has 1 amide bonds. The molecule has 1 fully saturated rings. The summed E-state index contributed by atoms with van der Waals surface area (Å²) in [5.74, 6) is -7.59. The van der Waals surface area contributed by atoms with Gasteiger partial charge in [0.05, 0.1) is 0 Å². The molecule has 1 unspecified atom stereocenters. The fraction of sp³-hybridized carbons (Fsp3) is 0.417. The van der Waals surface area contributed by atoms with E-state index < -0.39 is 34.7 Å². The first-order valence-electron chi connectivity index (χ1n) is 5.78. The van der Waals surface area contributed by atoms with Crippen LogP contribution < -0.4 is 11.1 Å². The summed E-state index contributed by atoms with van der Waals surface area (Å²) in [5, 5.41) is 2.18. The van der Waals surface area contributed by atoms with E-state index in [0.717, 1.165) is 12.8 Å². The van der Waals surface area contributed by atoms with Crippen molar-refractivity contribution in [3.8, 4) is 0 Å². The van der Waals surface area contributed by atoms with Gasteiger partial charge in [0.1, 0.15) is 5.56 Å². The number of halogens is 5. The molecule has 1 aliphatic carbocycles. The minimum Gasteiger partial charge on any atom is -0.350 e. The van der Waals surface area contributed by atoms with Crippen molar-refractivity contribution in [2.24, 2.45) is 11.7 Å². The summed E-state index contributed by atoms with van der Waals surface area (Å²) in [5.41, 5.74) is 4.43. The number of nitrogens with two attached hydrogens (primary N) is 1. The predicted octanol–water partition coefficient (Wildman–Crippen LogP) is 2.13. The average Bonchev–Trinajstić information content (AvgIpc) is 3.18. The highest BCUT2D eigenvalue weighted by Gasteiger charge is 2.30. The van der Waals surface area contributed by atoms with Crippen molar-refractivity contribution in [2.45, 2.75) is 18.9 Å². The summed E-state index contributed by atoms with van der Waals surface area (Å²) in [6.07, 6.45) is 1.88. The standard InChI is InChI=1S/C12H12F4N2O.ClH/c13-6-3-7(14)11(16)9(10(6)15)12(19)18-4-8(17)5-1-2-5;/h3,5,8H,1-2,4,17H2,(H,18,19);1H. The molecule has 0 bridgehead atoms. The molecular weight excluding hydrogens is 300 g/mol. The summed E-state index contributed by atoms with van der Waals surface area (Å²) >= 11 is 0. The average molecular weight is 313 g/mol. The van der Waals surface area contributed by atoms with Gasteiger partial charge in [-0.3, -0.25) is 4.79 Å². The zero-order valence-electron chi connectivity index (χ0n) is 10.3. The monoisotopic (exact) mass is 312 g/mol. The van der Waals surface area contributed by atoms with E-state index in [1.807, 2.05) is 0 Å². The van der Waals surface area contributed by atoms with Crippen molar-refractivity contribution >= 4 is 18.3 Å². The number of carbonyl (C=O) groups excluding carboxylic acids is 1. The van der Waals surface area contributed by atoms with Crippen LogP contribution in [0.3, 0.4) is 0 Å². The molecular formula is C12H13ClF4N2O. The highest BCUT2D eigenvalue weighted by Crippen LogP contribution is 2.31. The van der Waals surface area contributed by atoms with Gasteiger partial charge in [0.25, 0.3) is 5.91 Å². The van der Waals surface area contributed by atoms with E-state index in [2.05, 4.69) is 5.32 Å². The molecule has 0 heterocycles. The smallest absolute Gasteiger partial charge is 0.257 e. The molecule has 0 spiro atoms. The first-order chi connectivity index (χ1) is 8.91. The molecule has 1 aromatic rings. The fourth-order valence-electron chi connectivity index (χ4n) is 1.76. The number of benzene rings is 1. The van der Waals surface area contributed by atoms with Crippen LogP contribution in [-0.2, 0) is 0 Å². The largest absolute Gasteiger partial charge is 0.350 e. The van der Waals surface area contributed by atoms with Crippen LogP contribution >= 0.6 is 12.4 Å². The second-order valence-electron chi connectivity index (χ2n) is 4.55. The first-order valence-corrected chi connectivity index (χ1v) is 5.78. The molecule has 3 nitrogen and oxygen atoms in total. The van der Waals surface area contributed by atoms with E-state index in [1.54, 1.807) is 0 Å². The molecule has 1 atom stereocenters. The lowest BCUT2D eigenvalue weighted by Crippen LogP contribution is -2.39. The third-order valence-corrected chi connectivity index (χ3v) is 3.06. The Kier molecular flexibility index (Phi) is 5.35. The number of carbonyl (C=O) groups is 1. The Bertz CT molecular complexity index is 496. The van der Waals surface area contributed by atoms with Crippen molar-refractivity contribution in [3.63, 3.8) is 0 Å². The van der Waals surface area contributed by atoms with Crippen molar-refractivity contribution in [2.75, 3.05) is 6.54 Å². The van der Waals surface area contributed by atoms with Crippen molar-refractivity contribution < 1.29 is 22.4 Å². The van der Waals surface area contributed by atoms with Crippen LogP contribution in [0.25, 0.3) is 0 Å². The van der Waals surface area contributed by atoms with Gasteiger partial charge in [-0.25, -0.2) is 17.6 Å². The van der Waals surface area contributed by atoms with E-state index in [4.69, 9.17) is 5.73 Å². The second-order valence-corrected chi connectivity index (χ2v) is 4.55. The molecule has 1 aromatic carbocycles. The lowest BCUT2D eigenvalue weighted by molar-refractivity contribution is 0.0939. The van der Waals surface area contributed by atoms with Gasteiger partial charge in [-0.15, -0.1) is 12.4 Å². The van der Waals surface area contributed by atoms with E-state index in [-0.39, 0.29) is 37.0 Å². The summed E-state index contributed by atoms with van der Waals surface area (Å²) in [6, 6.07) is -0.273. The normalized spacial score (nSPS) is 15.4. The van der Waals surface area contributed by atoms with Crippen molar-refractivity contribution in [1.29, 1.82) is 0 Å². The summed E-state index contributed by atoms with van der Waals surface area (Å²) in [4.78, 5) is 11.6. The molecule has 8 heteroatoms. The quantitative estimate of drug-likeness (QED) is 0.661. The summed E-state index contributed by atoms with van der Waals surface area (Å²) in [7, 11) is 0. The second kappa shape index (κ2) is 6.41. The molecule has 0 saturated heterocycles. The van der Waals surface area contributed by atoms with Crippen LogP contribution in [0.2, 0.25) is 0 Å². The van der Waals surface area contributed by atoms with Crippen LogP contribution in [0.4, 0.5) is 17.6 Å². The van der Waals surface area contributed by atoms with Crippen LogP contribution in [0.1, 0.15) is 23.2 Å². The SMILES string of the molecule is Cl.NC(CNC(=O)c1c(F)c(F)cc(F)c1F)C1CC1. The Labute approximate surface area is 118 Å². The van der Waals surface area contributed by atoms with Gasteiger partial charge in [-0.2, -0.15) is 0 Å². The van der Waals surface area contributed by atoms with Crippen LogP contribution in [0, 0.1) is 29.2 Å². The number of hydrogen-bond acceptors (Lipinski definition) is 2. The first kappa shape index (κ1) is 16.7. The Morgan fingerprint density at radius 1 is 1.25 bits per heavy atom. The topological polar surface area (TPSA) is 55.1 Å². The molecule has 3 N–H and O–H groups in total. The molecule has 0 aromatic heterocycles. The van der Waals surface area contributed by atoms with E-state index in [9.17, 15) is 22.4 Å². The van der Waals surface area contributed by atoms with Gasteiger partial charge < -0.3 is 11.1 Å². The molecule has 0 radical (unpaired) electrons. The Balaban J connectivity index is 0.00000200. The molecule has 1 aliphatic rings. The van der Waals surface area contributed by atoms with Crippen LogP contribution in [0.15, 0.2) is 6.07 Å². The number of amides is 1. The number of nitrogens with one attached hydrogen (secondary N) is 1. The van der Waals surface area contributed by atoms with Gasteiger partial charge in [0.15, 0.2) is 23.3 Å². The third-order valence-electron chi connectivity index (χ3n) is 3.06. The lowest BCUT2D eigenvalue weighted by atomic mass is 10.1. The maximum Gasteiger partial charge on any atom is 0.257 e. The number of hydrogen-bond donors (Lipinski definition) is 2. The van der Waals surface area contributed by atoms with Crippen LogP contribution in [0.5, 0.6) is 0 Å². The Morgan fingerprint density at radius 2 is 1.75 bits per heavy atom. The maximum atomic E-state index is 13.3. The van der Waals surface area contributed by atoms with E-state index in [1.165, 1.54) is 0 Å². The third kappa shape index (κ3) is 3.40. The number of rotatable bonds is 4. The molecule has 20 heavy (non-hydrogen) atoms. The maximum absolute atomic E-state index is 13.3. The Morgan fingerprint density at radius 3 is 2.20 bits per heavy atom. The lowest BCUT2D eigenvalue weighted by Gasteiger charge is -2.12. The van der Waals surface area contributed by atoms with Crippen molar-refractivity contribution in [3.05, 3.63) is 34.9 Å². The van der Waals surface area contributed by atoms with Gasteiger partial charge >= 0.3 is 0 Å². The predicted molar refractivity (Wildman–Crippen MR) is 66.6 cm³/mol. The van der Waals surface area contributed by atoms with Gasteiger partial charge in [0.2, 0.25) is 0 Å². The van der Waals surface area contributed by atoms with E-state index in [0.29, 0.717) is 0 Å². The molecule has 1 saturated carbocycles. The minimum atomic E-state index is -1.71. The van der Waals surface area contributed by atoms with Gasteiger partial charge in [0, 0.05) is 18.7 Å². The van der Waals surface area contributed by atoms with Crippen molar-refractivity contribution in [1.82, 2.24) is 5.32 Å². The minimum absolute atomic E-state index is 0. The van der Waals surface area contributed by atoms with Gasteiger partial charge in [-0.1, -0.05) is 0 Å². The zero-order valence-corrected chi connectivity index (χ0v) is 11.1. The summed E-state index contributed by atoms with van der Waals surface area (Å²) in [6.45, 7) is 0.000508. The zero-order chi connectivity index (χ0) is 14.2. The van der Waals surface area contributed by atoms with E-state index >= 15 is 0 Å². The Hall–Kier alpha value is -1.34. The van der Waals surface area contributed by atoms with Crippen LogP contribution in [-0.4, -0.2) is 18.5 Å². The molecule has 2 rings (SSSR count). The molecule has 0 aliphatic heterocycles. The van der Waals surface area contributed by atoms with Gasteiger partial charge in [-0.05, 0) is 18.8 Å². The highest BCUT2D eigenvalue weighted by molar-refractivity contribution is 5.94. The molecule has 112 valence electrons. The fourth-order valence-corrected chi connectivity index (χ4v) is 1.76.